The monoisotopic (exact) mass is 626 g/mol. The van der Waals surface area contributed by atoms with E-state index in [1.807, 2.05) is 0 Å². The topological polar surface area (TPSA) is 95.9 Å². The SMILES string of the molecule is C#Cc1c(F)ccc2cc(O)cc(-c3ncc4c(N5C[C@H]6CC[C@@H](C5)N6)nc(OC[C@]56CCCN5[C@H](COC)CC6)nc4c3F)c12. The van der Waals surface area contributed by atoms with Crippen molar-refractivity contribution in [2.24, 2.45) is 0 Å². The van der Waals surface area contributed by atoms with Crippen molar-refractivity contribution >= 4 is 27.5 Å². The predicted octanol–water partition coefficient (Wildman–Crippen LogP) is 4.77. The van der Waals surface area contributed by atoms with E-state index in [2.05, 4.69) is 31.0 Å². The molecule has 4 aromatic rings. The van der Waals surface area contributed by atoms with Crippen LogP contribution in [0.1, 0.15) is 44.1 Å². The Morgan fingerprint density at radius 2 is 1.96 bits per heavy atom. The molecule has 2 aromatic carbocycles. The lowest BCUT2D eigenvalue weighted by Crippen LogP contribution is -2.51. The Labute approximate surface area is 265 Å². The standard InChI is InChI=1S/C35H36F2N6O3/c1-3-25-28(36)8-5-20-13-24(44)14-26(29(20)25)31-30(37)32-27(15-38-31)33(42-16-21-6-7-22(17-42)39-21)41-34(40-32)46-19-35-10-4-12-43(35)23(9-11-35)18-45-2/h1,5,8,13-15,21-23,39,44H,4,6-7,9-12,16-19H2,2H3/t21-,22+,23-,35+/m0/s1. The van der Waals surface area contributed by atoms with E-state index in [4.69, 9.17) is 20.9 Å². The number of hydrogen-bond acceptors (Lipinski definition) is 9. The summed E-state index contributed by atoms with van der Waals surface area (Å²) in [6, 6.07) is 6.67. The highest BCUT2D eigenvalue weighted by atomic mass is 19.1. The number of terminal acetylenes is 1. The first kappa shape index (κ1) is 29.3. The number of phenolic OH excluding ortho intramolecular Hbond substituents is 1. The maximum Gasteiger partial charge on any atom is 0.319 e. The number of rotatable bonds is 7. The van der Waals surface area contributed by atoms with Gasteiger partial charge < -0.3 is 24.8 Å². The minimum absolute atomic E-state index is 0.0267. The van der Waals surface area contributed by atoms with E-state index in [0.29, 0.717) is 53.3 Å². The van der Waals surface area contributed by atoms with Gasteiger partial charge in [0.25, 0.3) is 0 Å². The lowest BCUT2D eigenvalue weighted by Gasteiger charge is -2.35. The zero-order valence-electron chi connectivity index (χ0n) is 25.7. The van der Waals surface area contributed by atoms with Gasteiger partial charge in [0.2, 0.25) is 0 Å². The molecule has 0 amide bonds. The van der Waals surface area contributed by atoms with Crippen molar-refractivity contribution in [2.45, 2.75) is 62.2 Å². The lowest BCUT2D eigenvalue weighted by atomic mass is 9.95. The van der Waals surface area contributed by atoms with Crippen molar-refractivity contribution in [1.82, 2.24) is 25.2 Å². The molecule has 0 spiro atoms. The molecule has 4 aliphatic heterocycles. The average molecular weight is 627 g/mol. The molecule has 4 fully saturated rings. The number of anilines is 1. The fourth-order valence-electron chi connectivity index (χ4n) is 8.42. The highest BCUT2D eigenvalue weighted by Gasteiger charge is 2.49. The van der Waals surface area contributed by atoms with Crippen LogP contribution in [0.3, 0.4) is 0 Å². The number of fused-ring (bicyclic) bond motifs is 5. The molecule has 2 bridgehead atoms. The molecule has 0 aliphatic carbocycles. The zero-order chi connectivity index (χ0) is 31.6. The highest BCUT2D eigenvalue weighted by molar-refractivity contribution is 6.03. The number of aromatic hydroxyl groups is 1. The molecular weight excluding hydrogens is 590 g/mol. The summed E-state index contributed by atoms with van der Waals surface area (Å²) in [5.41, 5.74) is -0.0178. The summed E-state index contributed by atoms with van der Waals surface area (Å²) in [5, 5.41) is 15.4. The van der Waals surface area contributed by atoms with E-state index in [0.717, 1.165) is 58.2 Å². The number of halogens is 2. The number of ether oxygens (including phenoxy) is 2. The third kappa shape index (κ3) is 4.73. The first-order valence-electron chi connectivity index (χ1n) is 16.1. The third-order valence-corrected chi connectivity index (χ3v) is 10.5. The minimum Gasteiger partial charge on any atom is -0.508 e. The van der Waals surface area contributed by atoms with Gasteiger partial charge in [0.05, 0.1) is 23.1 Å². The van der Waals surface area contributed by atoms with Gasteiger partial charge in [-0.15, -0.1) is 6.42 Å². The van der Waals surface area contributed by atoms with Crippen molar-refractivity contribution < 1.29 is 23.4 Å². The van der Waals surface area contributed by atoms with Crippen molar-refractivity contribution in [3.8, 4) is 35.4 Å². The normalized spacial score (nSPS) is 25.8. The lowest BCUT2D eigenvalue weighted by molar-refractivity contribution is 0.0521. The Morgan fingerprint density at radius 1 is 1.13 bits per heavy atom. The summed E-state index contributed by atoms with van der Waals surface area (Å²) in [5.74, 6) is 1.52. The van der Waals surface area contributed by atoms with Gasteiger partial charge in [-0.1, -0.05) is 12.0 Å². The van der Waals surface area contributed by atoms with Gasteiger partial charge in [0.15, 0.2) is 5.82 Å². The molecule has 0 unspecified atom stereocenters. The maximum atomic E-state index is 16.8. The smallest absolute Gasteiger partial charge is 0.319 e. The molecule has 6 heterocycles. The number of phenols is 1. The van der Waals surface area contributed by atoms with E-state index in [1.165, 1.54) is 24.3 Å². The van der Waals surface area contributed by atoms with Crippen LogP contribution in [0.25, 0.3) is 32.9 Å². The molecule has 9 nitrogen and oxygen atoms in total. The number of pyridine rings is 1. The summed E-state index contributed by atoms with van der Waals surface area (Å²) in [7, 11) is 1.74. The molecule has 46 heavy (non-hydrogen) atoms. The molecule has 4 saturated heterocycles. The maximum absolute atomic E-state index is 16.8. The quantitative estimate of drug-likeness (QED) is 0.281. The van der Waals surface area contributed by atoms with Crippen LogP contribution in [-0.2, 0) is 4.74 Å². The second-order valence-electron chi connectivity index (χ2n) is 13.2. The van der Waals surface area contributed by atoms with Gasteiger partial charge in [0, 0.05) is 55.5 Å². The Balaban J connectivity index is 1.25. The third-order valence-electron chi connectivity index (χ3n) is 10.5. The number of methoxy groups -OCH3 is 1. The molecule has 4 atom stereocenters. The molecule has 238 valence electrons. The first-order chi connectivity index (χ1) is 22.4. The van der Waals surface area contributed by atoms with E-state index in [9.17, 15) is 9.50 Å². The summed E-state index contributed by atoms with van der Waals surface area (Å²) < 4.78 is 43.6. The largest absolute Gasteiger partial charge is 0.508 e. The summed E-state index contributed by atoms with van der Waals surface area (Å²) >= 11 is 0. The van der Waals surface area contributed by atoms with Gasteiger partial charge in [-0.3, -0.25) is 9.88 Å². The van der Waals surface area contributed by atoms with Crippen LogP contribution in [0.2, 0.25) is 0 Å². The molecule has 2 aromatic heterocycles. The molecule has 2 N–H and O–H groups in total. The van der Waals surface area contributed by atoms with Crippen molar-refractivity contribution in [3.05, 3.63) is 47.7 Å². The minimum atomic E-state index is -0.718. The molecular formula is C35H36F2N6O3. The second-order valence-corrected chi connectivity index (χ2v) is 13.2. The molecule has 8 rings (SSSR count). The van der Waals surface area contributed by atoms with E-state index in [-0.39, 0.29) is 39.6 Å². The van der Waals surface area contributed by atoms with Crippen LogP contribution >= 0.6 is 0 Å². The Hall–Kier alpha value is -4.11. The van der Waals surface area contributed by atoms with Crippen LogP contribution in [0.5, 0.6) is 11.8 Å². The van der Waals surface area contributed by atoms with Crippen LogP contribution in [0.4, 0.5) is 14.6 Å². The van der Waals surface area contributed by atoms with Gasteiger partial charge >= 0.3 is 6.01 Å². The fraction of sp³-hybridized carbons (Fsp3) is 0.457. The van der Waals surface area contributed by atoms with Gasteiger partial charge in [0.1, 0.15) is 35.2 Å². The number of nitrogens with one attached hydrogen (secondary N) is 1. The Bertz CT molecular complexity index is 1890. The summed E-state index contributed by atoms with van der Waals surface area (Å²) in [6.07, 6.45) is 13.5. The van der Waals surface area contributed by atoms with Crippen molar-refractivity contribution in [3.63, 3.8) is 0 Å². The molecule has 4 aliphatic rings. The first-order valence-corrected chi connectivity index (χ1v) is 16.1. The van der Waals surface area contributed by atoms with E-state index in [1.54, 1.807) is 13.3 Å². The molecule has 11 heteroatoms. The Morgan fingerprint density at radius 3 is 2.74 bits per heavy atom. The fourth-order valence-corrected chi connectivity index (χ4v) is 8.42. The molecule has 0 radical (unpaired) electrons. The van der Waals surface area contributed by atoms with Crippen LogP contribution < -0.4 is 15.0 Å². The number of hydrogen-bond donors (Lipinski definition) is 2. The van der Waals surface area contributed by atoms with Crippen LogP contribution in [-0.4, -0.2) is 88.6 Å². The van der Waals surface area contributed by atoms with Gasteiger partial charge in [-0.2, -0.15) is 9.97 Å². The van der Waals surface area contributed by atoms with Gasteiger partial charge in [-0.05, 0) is 68.7 Å². The van der Waals surface area contributed by atoms with Crippen LogP contribution in [0.15, 0.2) is 30.5 Å². The number of nitrogens with zero attached hydrogens (tertiary/aromatic N) is 5. The Kier molecular flexibility index (Phi) is 7.20. The second kappa shape index (κ2) is 11.3. The number of piperazine rings is 1. The predicted molar refractivity (Wildman–Crippen MR) is 171 cm³/mol. The average Bonchev–Trinajstić information content (AvgIpc) is 3.73. The summed E-state index contributed by atoms with van der Waals surface area (Å²) in [6.45, 7) is 3.52. The summed E-state index contributed by atoms with van der Waals surface area (Å²) in [4.78, 5) is 18.8. The van der Waals surface area contributed by atoms with Crippen LogP contribution in [0, 0.1) is 24.0 Å². The van der Waals surface area contributed by atoms with E-state index < -0.39 is 11.6 Å². The van der Waals surface area contributed by atoms with Gasteiger partial charge in [-0.25, -0.2) is 8.78 Å². The van der Waals surface area contributed by atoms with Crippen molar-refractivity contribution in [1.29, 1.82) is 0 Å². The zero-order valence-corrected chi connectivity index (χ0v) is 25.7. The highest BCUT2D eigenvalue weighted by Crippen LogP contribution is 2.43. The van der Waals surface area contributed by atoms with Crippen molar-refractivity contribution in [2.75, 3.05) is 44.9 Å². The van der Waals surface area contributed by atoms with E-state index >= 15 is 4.39 Å². The number of aromatic nitrogens is 3. The number of benzene rings is 2. The molecule has 0 saturated carbocycles.